The van der Waals surface area contributed by atoms with Crippen LogP contribution in [-0.2, 0) is 11.3 Å². The Labute approximate surface area is 123 Å². The Hall–Kier alpha value is -1.69. The van der Waals surface area contributed by atoms with Crippen LogP contribution in [0.15, 0.2) is 12.1 Å². The molecule has 1 aliphatic heterocycles. The molecule has 0 aliphatic carbocycles. The van der Waals surface area contributed by atoms with Crippen molar-refractivity contribution in [3.8, 4) is 5.75 Å². The van der Waals surface area contributed by atoms with Gasteiger partial charge in [0.15, 0.2) is 11.6 Å². The van der Waals surface area contributed by atoms with E-state index < -0.39 is 11.6 Å². The minimum Gasteiger partial charge on any atom is -0.496 e. The van der Waals surface area contributed by atoms with Crippen molar-refractivity contribution in [2.24, 2.45) is 0 Å². The highest BCUT2D eigenvalue weighted by atomic mass is 19.2. The summed E-state index contributed by atoms with van der Waals surface area (Å²) >= 11 is 0. The van der Waals surface area contributed by atoms with E-state index in [1.165, 1.54) is 13.2 Å². The summed E-state index contributed by atoms with van der Waals surface area (Å²) in [4.78, 5) is 13.8. The topological polar surface area (TPSA) is 41.6 Å². The maximum Gasteiger partial charge on any atom is 0.237 e. The highest BCUT2D eigenvalue weighted by Crippen LogP contribution is 2.28. The van der Waals surface area contributed by atoms with Crippen molar-refractivity contribution >= 4 is 5.91 Å². The molecule has 1 aromatic carbocycles. The van der Waals surface area contributed by atoms with Crippen molar-refractivity contribution in [3.63, 3.8) is 0 Å². The molecule has 2 rings (SSSR count). The van der Waals surface area contributed by atoms with Crippen LogP contribution < -0.4 is 10.1 Å². The summed E-state index contributed by atoms with van der Waals surface area (Å²) < 4.78 is 32.6. The summed E-state index contributed by atoms with van der Waals surface area (Å²) in [6, 6.07) is 2.15. The zero-order chi connectivity index (χ0) is 15.4. The van der Waals surface area contributed by atoms with Gasteiger partial charge in [-0.15, -0.1) is 0 Å². The Balaban J connectivity index is 2.27. The molecule has 0 radical (unpaired) electrons. The number of methoxy groups -OCH3 is 1. The van der Waals surface area contributed by atoms with Crippen molar-refractivity contribution in [2.75, 3.05) is 20.7 Å². The Morgan fingerprint density at radius 1 is 1.43 bits per heavy atom. The lowest BCUT2D eigenvalue weighted by Crippen LogP contribution is -2.48. The van der Waals surface area contributed by atoms with Gasteiger partial charge >= 0.3 is 0 Å². The summed E-state index contributed by atoms with van der Waals surface area (Å²) in [6.07, 6.45) is 2.61. The van der Waals surface area contributed by atoms with Gasteiger partial charge in [0, 0.05) is 19.2 Å². The standard InChI is InChI=1S/C15H20F2N2O2/c1-18-15(20)12-5-3-4-8-19(12)9-10-13(21-2)7-6-11(16)14(10)17/h6-7,12H,3-5,8-9H2,1-2H3,(H,18,20)/t12-/m1/s1. The molecule has 1 N–H and O–H groups in total. The SMILES string of the molecule is CNC(=O)[C@H]1CCCCN1Cc1c(OC)ccc(F)c1F. The van der Waals surface area contributed by atoms with E-state index in [1.807, 2.05) is 4.90 Å². The normalized spacial score (nSPS) is 19.3. The fraction of sp³-hybridized carbons (Fsp3) is 0.533. The Morgan fingerprint density at radius 2 is 2.19 bits per heavy atom. The van der Waals surface area contributed by atoms with Crippen LogP contribution in [0.5, 0.6) is 5.75 Å². The third-order valence-electron chi connectivity index (χ3n) is 3.90. The van der Waals surface area contributed by atoms with Crippen molar-refractivity contribution in [2.45, 2.75) is 31.8 Å². The predicted molar refractivity (Wildman–Crippen MR) is 75.0 cm³/mol. The number of ether oxygens (including phenoxy) is 1. The lowest BCUT2D eigenvalue weighted by Gasteiger charge is -2.34. The number of likely N-dealkylation sites (N-methyl/N-ethyl adjacent to an activating group) is 1. The second-order valence-electron chi connectivity index (χ2n) is 5.14. The molecule has 1 saturated heterocycles. The second-order valence-corrected chi connectivity index (χ2v) is 5.14. The van der Waals surface area contributed by atoms with Gasteiger partial charge in [0.05, 0.1) is 13.2 Å². The van der Waals surface area contributed by atoms with Gasteiger partial charge in [0.2, 0.25) is 5.91 Å². The zero-order valence-electron chi connectivity index (χ0n) is 12.3. The minimum absolute atomic E-state index is 0.0921. The molecule has 0 spiro atoms. The molecule has 0 bridgehead atoms. The number of benzene rings is 1. The number of halogens is 2. The highest BCUT2D eigenvalue weighted by molar-refractivity contribution is 5.81. The van der Waals surface area contributed by atoms with E-state index in [1.54, 1.807) is 7.05 Å². The van der Waals surface area contributed by atoms with E-state index in [4.69, 9.17) is 4.74 Å². The van der Waals surface area contributed by atoms with Crippen LogP contribution >= 0.6 is 0 Å². The predicted octanol–water partition coefficient (Wildman–Crippen LogP) is 2.07. The number of rotatable bonds is 4. The third-order valence-corrected chi connectivity index (χ3v) is 3.90. The Bertz CT molecular complexity index is 523. The number of likely N-dealkylation sites (tertiary alicyclic amines) is 1. The molecule has 4 nitrogen and oxygen atoms in total. The van der Waals surface area contributed by atoms with E-state index in [0.29, 0.717) is 12.3 Å². The van der Waals surface area contributed by atoms with E-state index in [2.05, 4.69) is 5.32 Å². The molecule has 1 atom stereocenters. The summed E-state index contributed by atoms with van der Waals surface area (Å²) in [5, 5.41) is 2.63. The molecular formula is C15H20F2N2O2. The molecule has 0 aromatic heterocycles. The first-order valence-electron chi connectivity index (χ1n) is 7.05. The molecule has 1 aliphatic rings. The van der Waals surface area contributed by atoms with Crippen LogP contribution in [0.1, 0.15) is 24.8 Å². The molecule has 1 amide bonds. The summed E-state index contributed by atoms with van der Waals surface area (Å²) in [5.74, 6) is -1.60. The van der Waals surface area contributed by atoms with Crippen LogP contribution in [0.4, 0.5) is 8.78 Å². The summed E-state index contributed by atoms with van der Waals surface area (Å²) in [6.45, 7) is 0.835. The number of hydrogen-bond donors (Lipinski definition) is 1. The number of hydrogen-bond acceptors (Lipinski definition) is 3. The lowest BCUT2D eigenvalue weighted by molar-refractivity contribution is -0.127. The van der Waals surface area contributed by atoms with Gasteiger partial charge in [-0.2, -0.15) is 0 Å². The smallest absolute Gasteiger partial charge is 0.237 e. The molecule has 1 heterocycles. The average Bonchev–Trinajstić information content (AvgIpc) is 2.52. The lowest BCUT2D eigenvalue weighted by atomic mass is 10.00. The minimum atomic E-state index is -0.907. The maximum atomic E-state index is 14.0. The first kappa shape index (κ1) is 15.7. The quantitative estimate of drug-likeness (QED) is 0.925. The van der Waals surface area contributed by atoms with Crippen LogP contribution in [0.25, 0.3) is 0 Å². The first-order chi connectivity index (χ1) is 10.1. The Morgan fingerprint density at radius 3 is 2.86 bits per heavy atom. The molecule has 116 valence electrons. The van der Waals surface area contributed by atoms with Gasteiger partial charge in [0.25, 0.3) is 0 Å². The van der Waals surface area contributed by atoms with E-state index in [9.17, 15) is 13.6 Å². The number of nitrogens with one attached hydrogen (secondary N) is 1. The van der Waals surface area contributed by atoms with Gasteiger partial charge < -0.3 is 10.1 Å². The van der Waals surface area contributed by atoms with Crippen molar-refractivity contribution in [1.82, 2.24) is 10.2 Å². The number of nitrogens with zero attached hydrogens (tertiary/aromatic N) is 1. The number of carbonyl (C=O) groups is 1. The first-order valence-corrected chi connectivity index (χ1v) is 7.05. The summed E-state index contributed by atoms with van der Waals surface area (Å²) in [7, 11) is 3.00. The van der Waals surface area contributed by atoms with E-state index >= 15 is 0 Å². The number of piperidine rings is 1. The third kappa shape index (κ3) is 3.32. The van der Waals surface area contributed by atoms with E-state index in [-0.39, 0.29) is 24.1 Å². The monoisotopic (exact) mass is 298 g/mol. The van der Waals surface area contributed by atoms with Crippen LogP contribution in [0.2, 0.25) is 0 Å². The van der Waals surface area contributed by atoms with Gasteiger partial charge in [-0.3, -0.25) is 9.69 Å². The van der Waals surface area contributed by atoms with Crippen molar-refractivity contribution in [1.29, 1.82) is 0 Å². The summed E-state index contributed by atoms with van der Waals surface area (Å²) in [5.41, 5.74) is 0.160. The van der Waals surface area contributed by atoms with Crippen LogP contribution in [-0.4, -0.2) is 37.6 Å². The number of amides is 1. The van der Waals surface area contributed by atoms with Crippen LogP contribution in [0, 0.1) is 11.6 Å². The van der Waals surface area contributed by atoms with Gasteiger partial charge in [-0.25, -0.2) is 8.78 Å². The fourth-order valence-corrected chi connectivity index (χ4v) is 2.76. The average molecular weight is 298 g/mol. The Kier molecular flexibility index (Phi) is 5.12. The molecule has 0 saturated carbocycles. The highest BCUT2D eigenvalue weighted by Gasteiger charge is 2.29. The molecule has 6 heteroatoms. The maximum absolute atomic E-state index is 14.0. The molecule has 1 aromatic rings. The number of carbonyl (C=O) groups excluding carboxylic acids is 1. The fourth-order valence-electron chi connectivity index (χ4n) is 2.76. The molecule has 21 heavy (non-hydrogen) atoms. The van der Waals surface area contributed by atoms with Crippen molar-refractivity contribution < 1.29 is 18.3 Å². The molecular weight excluding hydrogens is 278 g/mol. The molecule has 1 fully saturated rings. The van der Waals surface area contributed by atoms with E-state index in [0.717, 1.165) is 25.3 Å². The molecule has 0 unspecified atom stereocenters. The van der Waals surface area contributed by atoms with Gasteiger partial charge in [0.1, 0.15) is 5.75 Å². The second kappa shape index (κ2) is 6.85. The van der Waals surface area contributed by atoms with Crippen molar-refractivity contribution in [3.05, 3.63) is 29.3 Å². The van der Waals surface area contributed by atoms with Crippen LogP contribution in [0.3, 0.4) is 0 Å². The largest absolute Gasteiger partial charge is 0.496 e. The van der Waals surface area contributed by atoms with Gasteiger partial charge in [-0.05, 0) is 31.5 Å². The van der Waals surface area contributed by atoms with Gasteiger partial charge in [-0.1, -0.05) is 6.42 Å². The zero-order valence-corrected chi connectivity index (χ0v) is 12.3.